The molecule has 0 bridgehead atoms. The lowest BCUT2D eigenvalue weighted by Gasteiger charge is -2.07. The van der Waals surface area contributed by atoms with Crippen LogP contribution in [0.3, 0.4) is 0 Å². The van der Waals surface area contributed by atoms with Crippen LogP contribution in [0.4, 0.5) is 13.2 Å². The van der Waals surface area contributed by atoms with Crippen molar-refractivity contribution in [1.29, 1.82) is 0 Å². The summed E-state index contributed by atoms with van der Waals surface area (Å²) in [5, 5.41) is 13.6. The Morgan fingerprint density at radius 2 is 1.94 bits per heavy atom. The Labute approximate surface area is 101 Å². The number of benzene rings is 1. The van der Waals surface area contributed by atoms with Crippen LogP contribution in [-0.4, -0.2) is 14.9 Å². The predicted octanol–water partition coefficient (Wildman–Crippen LogP) is 3.12. The molecule has 0 atom stereocenters. The van der Waals surface area contributed by atoms with Gasteiger partial charge in [0.15, 0.2) is 0 Å². The van der Waals surface area contributed by atoms with Crippen LogP contribution in [0.5, 0.6) is 5.88 Å². The van der Waals surface area contributed by atoms with Gasteiger partial charge in [-0.3, -0.25) is 0 Å². The Balaban J connectivity index is 2.55. The molecule has 3 nitrogen and oxygen atoms in total. The zero-order valence-corrected chi connectivity index (χ0v) is 9.78. The standard InChI is InChI=1S/C12H11F3N2O/c1-7-10(16-17(2)11(7)18)8-4-3-5-9(6-8)12(13,14)15/h3-6,18H,1-2H3. The van der Waals surface area contributed by atoms with Gasteiger partial charge in [-0.05, 0) is 19.1 Å². The molecule has 1 aromatic heterocycles. The van der Waals surface area contributed by atoms with Crippen molar-refractivity contribution in [3.63, 3.8) is 0 Å². The maximum absolute atomic E-state index is 12.6. The average Bonchev–Trinajstić information content (AvgIpc) is 2.56. The van der Waals surface area contributed by atoms with Crippen molar-refractivity contribution in [2.24, 2.45) is 7.05 Å². The van der Waals surface area contributed by atoms with Gasteiger partial charge < -0.3 is 5.11 Å². The Morgan fingerprint density at radius 1 is 1.28 bits per heavy atom. The minimum Gasteiger partial charge on any atom is -0.493 e. The first kappa shape index (κ1) is 12.5. The van der Waals surface area contributed by atoms with E-state index in [2.05, 4.69) is 5.10 Å². The summed E-state index contributed by atoms with van der Waals surface area (Å²) < 4.78 is 39.0. The summed E-state index contributed by atoms with van der Waals surface area (Å²) in [4.78, 5) is 0. The van der Waals surface area contributed by atoms with E-state index in [-0.39, 0.29) is 5.88 Å². The molecule has 0 aliphatic carbocycles. The van der Waals surface area contributed by atoms with E-state index in [0.29, 0.717) is 16.8 Å². The second-order valence-electron chi connectivity index (χ2n) is 4.00. The lowest BCUT2D eigenvalue weighted by Crippen LogP contribution is -2.04. The third-order valence-corrected chi connectivity index (χ3v) is 2.71. The Kier molecular flexibility index (Phi) is 2.80. The van der Waals surface area contributed by atoms with Crippen LogP contribution in [0.15, 0.2) is 24.3 Å². The molecule has 2 aromatic rings. The van der Waals surface area contributed by atoms with E-state index >= 15 is 0 Å². The molecule has 0 spiro atoms. The first-order valence-corrected chi connectivity index (χ1v) is 5.21. The number of hydrogen-bond donors (Lipinski definition) is 1. The zero-order chi connectivity index (χ0) is 13.5. The number of alkyl halides is 3. The first-order chi connectivity index (χ1) is 8.30. The second kappa shape index (κ2) is 4.04. The van der Waals surface area contributed by atoms with Crippen molar-refractivity contribution >= 4 is 0 Å². The zero-order valence-electron chi connectivity index (χ0n) is 9.78. The third-order valence-electron chi connectivity index (χ3n) is 2.71. The molecule has 6 heteroatoms. The SMILES string of the molecule is Cc1c(-c2cccc(C(F)(F)F)c2)nn(C)c1O. The summed E-state index contributed by atoms with van der Waals surface area (Å²) in [5.74, 6) is -0.0533. The molecule has 0 saturated heterocycles. The summed E-state index contributed by atoms with van der Waals surface area (Å²) in [6.07, 6.45) is -4.39. The van der Waals surface area contributed by atoms with Crippen LogP contribution in [0.25, 0.3) is 11.3 Å². The molecular formula is C12H11F3N2O. The van der Waals surface area contributed by atoms with Gasteiger partial charge in [0.2, 0.25) is 5.88 Å². The summed E-state index contributed by atoms with van der Waals surface area (Å²) in [7, 11) is 1.53. The van der Waals surface area contributed by atoms with Crippen molar-refractivity contribution < 1.29 is 18.3 Å². The minimum atomic E-state index is -4.39. The molecule has 1 N–H and O–H groups in total. The first-order valence-electron chi connectivity index (χ1n) is 5.21. The summed E-state index contributed by atoms with van der Waals surface area (Å²) in [6.45, 7) is 1.61. The fourth-order valence-corrected chi connectivity index (χ4v) is 1.74. The fraction of sp³-hybridized carbons (Fsp3) is 0.250. The van der Waals surface area contributed by atoms with Crippen LogP contribution < -0.4 is 0 Å². The van der Waals surface area contributed by atoms with Gasteiger partial charge in [-0.15, -0.1) is 0 Å². The Hall–Kier alpha value is -1.98. The fourth-order valence-electron chi connectivity index (χ4n) is 1.74. The highest BCUT2D eigenvalue weighted by molar-refractivity contribution is 5.65. The van der Waals surface area contributed by atoms with Gasteiger partial charge in [0.25, 0.3) is 0 Å². The molecule has 0 unspecified atom stereocenters. The normalized spacial score (nSPS) is 11.8. The number of aryl methyl sites for hydroxylation is 1. The summed E-state index contributed by atoms with van der Waals surface area (Å²) in [6, 6.07) is 4.88. The quantitative estimate of drug-likeness (QED) is 0.851. The van der Waals surface area contributed by atoms with Gasteiger partial charge in [-0.1, -0.05) is 12.1 Å². The van der Waals surface area contributed by atoms with Gasteiger partial charge in [-0.2, -0.15) is 18.3 Å². The molecule has 0 saturated carbocycles. The van der Waals surface area contributed by atoms with E-state index in [9.17, 15) is 18.3 Å². The lowest BCUT2D eigenvalue weighted by molar-refractivity contribution is -0.137. The minimum absolute atomic E-state index is 0.0533. The lowest BCUT2D eigenvalue weighted by atomic mass is 10.1. The number of aromatic hydroxyl groups is 1. The molecule has 1 aromatic carbocycles. The number of aromatic nitrogens is 2. The average molecular weight is 256 g/mol. The molecule has 0 radical (unpaired) electrons. The highest BCUT2D eigenvalue weighted by Gasteiger charge is 2.30. The topological polar surface area (TPSA) is 38.0 Å². The molecule has 1 heterocycles. The number of nitrogens with zero attached hydrogens (tertiary/aromatic N) is 2. The molecule has 0 amide bonds. The third kappa shape index (κ3) is 2.05. The van der Waals surface area contributed by atoms with Crippen LogP contribution >= 0.6 is 0 Å². The molecule has 0 fully saturated rings. The van der Waals surface area contributed by atoms with E-state index in [1.165, 1.54) is 23.9 Å². The van der Waals surface area contributed by atoms with Crippen molar-refractivity contribution in [2.75, 3.05) is 0 Å². The highest BCUT2D eigenvalue weighted by Crippen LogP contribution is 2.34. The van der Waals surface area contributed by atoms with Crippen LogP contribution in [0, 0.1) is 6.92 Å². The monoisotopic (exact) mass is 256 g/mol. The molecule has 0 aliphatic heterocycles. The Bertz CT molecular complexity index is 587. The van der Waals surface area contributed by atoms with Gasteiger partial charge >= 0.3 is 6.18 Å². The van der Waals surface area contributed by atoms with Crippen LogP contribution in [-0.2, 0) is 13.2 Å². The van der Waals surface area contributed by atoms with Gasteiger partial charge in [0.05, 0.1) is 11.3 Å². The van der Waals surface area contributed by atoms with E-state index in [1.807, 2.05) is 0 Å². The molecular weight excluding hydrogens is 245 g/mol. The van der Waals surface area contributed by atoms with Crippen molar-refractivity contribution in [2.45, 2.75) is 13.1 Å². The van der Waals surface area contributed by atoms with E-state index in [0.717, 1.165) is 12.1 Å². The Morgan fingerprint density at radius 3 is 2.44 bits per heavy atom. The summed E-state index contributed by atoms with van der Waals surface area (Å²) >= 11 is 0. The molecule has 96 valence electrons. The van der Waals surface area contributed by atoms with Crippen molar-refractivity contribution in [3.05, 3.63) is 35.4 Å². The predicted molar refractivity (Wildman–Crippen MR) is 60.0 cm³/mol. The molecule has 18 heavy (non-hydrogen) atoms. The summed E-state index contributed by atoms with van der Waals surface area (Å²) in [5.41, 5.74) is 0.403. The second-order valence-corrected chi connectivity index (χ2v) is 4.00. The van der Waals surface area contributed by atoms with Crippen molar-refractivity contribution in [3.8, 4) is 17.1 Å². The van der Waals surface area contributed by atoms with E-state index < -0.39 is 11.7 Å². The maximum atomic E-state index is 12.6. The van der Waals surface area contributed by atoms with Gasteiger partial charge in [-0.25, -0.2) is 4.68 Å². The highest BCUT2D eigenvalue weighted by atomic mass is 19.4. The largest absolute Gasteiger partial charge is 0.493 e. The molecule has 2 rings (SSSR count). The molecule has 0 aliphatic rings. The number of halogens is 3. The maximum Gasteiger partial charge on any atom is 0.416 e. The van der Waals surface area contributed by atoms with Crippen LogP contribution in [0.1, 0.15) is 11.1 Å². The number of hydrogen-bond acceptors (Lipinski definition) is 2. The van der Waals surface area contributed by atoms with Gasteiger partial charge in [0.1, 0.15) is 0 Å². The van der Waals surface area contributed by atoms with Crippen molar-refractivity contribution in [1.82, 2.24) is 9.78 Å². The number of rotatable bonds is 1. The van der Waals surface area contributed by atoms with E-state index in [4.69, 9.17) is 0 Å². The smallest absolute Gasteiger partial charge is 0.416 e. The van der Waals surface area contributed by atoms with Gasteiger partial charge in [0, 0.05) is 18.2 Å². The van der Waals surface area contributed by atoms with Crippen LogP contribution in [0.2, 0.25) is 0 Å². The van der Waals surface area contributed by atoms with E-state index in [1.54, 1.807) is 6.92 Å².